The molecule has 1 aromatic heterocycles. The van der Waals surface area contributed by atoms with Crippen LogP contribution in [-0.2, 0) is 4.79 Å². The number of nitrogens with one attached hydrogen (secondary N) is 2. The van der Waals surface area contributed by atoms with Crippen LogP contribution >= 0.6 is 11.8 Å². The van der Waals surface area contributed by atoms with E-state index in [4.69, 9.17) is 0 Å². The minimum Gasteiger partial charge on any atom is -0.508 e. The van der Waals surface area contributed by atoms with Gasteiger partial charge in [-0.2, -0.15) is 5.10 Å². The van der Waals surface area contributed by atoms with Gasteiger partial charge < -0.3 is 15.2 Å². The molecule has 1 atom stereocenters. The fourth-order valence-corrected chi connectivity index (χ4v) is 2.92. The maximum atomic E-state index is 12.1. The highest BCUT2D eigenvalue weighted by Crippen LogP contribution is 2.23. The zero-order chi connectivity index (χ0) is 17.8. The van der Waals surface area contributed by atoms with Gasteiger partial charge in [-0.1, -0.05) is 23.9 Å². The number of benzene rings is 2. The Morgan fingerprint density at radius 2 is 2.12 bits per heavy atom. The Balaban J connectivity index is 1.59. The largest absolute Gasteiger partial charge is 0.508 e. The Bertz CT molecular complexity index is 906. The lowest BCUT2D eigenvalue weighted by Crippen LogP contribution is -2.26. The molecule has 2 aromatic carbocycles. The summed E-state index contributed by atoms with van der Waals surface area (Å²) < 4.78 is 0. The smallest absolute Gasteiger partial charge is 0.253 e. The fraction of sp³-hybridized carbons (Fsp3) is 0.118. The second-order valence-electron chi connectivity index (χ2n) is 5.30. The molecule has 128 valence electrons. The second-order valence-corrected chi connectivity index (χ2v) is 6.63. The lowest BCUT2D eigenvalue weighted by Gasteiger charge is -2.07. The number of imidazole rings is 1. The molecule has 1 heterocycles. The van der Waals surface area contributed by atoms with E-state index in [-0.39, 0.29) is 17.4 Å². The van der Waals surface area contributed by atoms with Crippen LogP contribution in [0.25, 0.3) is 11.0 Å². The van der Waals surface area contributed by atoms with Gasteiger partial charge in [0.1, 0.15) is 11.5 Å². The minimum atomic E-state index is -0.411. The number of aromatic hydroxyl groups is 2. The summed E-state index contributed by atoms with van der Waals surface area (Å²) in [6, 6.07) is 11.7. The molecule has 0 spiro atoms. The van der Waals surface area contributed by atoms with Crippen molar-refractivity contribution < 1.29 is 15.0 Å². The first-order valence-corrected chi connectivity index (χ1v) is 8.37. The standard InChI is InChI=1S/C17H16N4O3S/c1-10(25-17-19-13-4-2-3-5-14(13)20-17)16(24)21-18-9-11-6-7-12(22)8-15(11)23/h2-10,22-23H,1H3,(H,19,20)(H,21,24)/b18-9+. The molecule has 0 radical (unpaired) electrons. The lowest BCUT2D eigenvalue weighted by molar-refractivity contribution is -0.120. The number of thioether (sulfide) groups is 1. The number of para-hydroxylation sites is 2. The van der Waals surface area contributed by atoms with Crippen LogP contribution < -0.4 is 5.43 Å². The van der Waals surface area contributed by atoms with Crippen LogP contribution in [0, 0.1) is 0 Å². The number of amides is 1. The summed E-state index contributed by atoms with van der Waals surface area (Å²) in [5.41, 5.74) is 4.57. The zero-order valence-corrected chi connectivity index (χ0v) is 14.1. The Morgan fingerprint density at radius 3 is 2.88 bits per heavy atom. The predicted octanol–water partition coefficient (Wildman–Crippen LogP) is 2.60. The van der Waals surface area contributed by atoms with E-state index >= 15 is 0 Å². The normalized spacial score (nSPS) is 12.5. The maximum absolute atomic E-state index is 12.1. The van der Waals surface area contributed by atoms with Crippen molar-refractivity contribution >= 4 is 34.9 Å². The summed E-state index contributed by atoms with van der Waals surface area (Å²) in [5, 5.41) is 23.0. The van der Waals surface area contributed by atoms with E-state index in [1.54, 1.807) is 6.92 Å². The number of phenols is 2. The van der Waals surface area contributed by atoms with Crippen molar-refractivity contribution in [2.24, 2.45) is 5.10 Å². The van der Waals surface area contributed by atoms with Gasteiger partial charge in [0.05, 0.1) is 22.5 Å². The zero-order valence-electron chi connectivity index (χ0n) is 13.3. The molecule has 25 heavy (non-hydrogen) atoms. The molecule has 8 heteroatoms. The first-order valence-electron chi connectivity index (χ1n) is 7.49. The van der Waals surface area contributed by atoms with Gasteiger partial charge in [0.25, 0.3) is 5.91 Å². The highest BCUT2D eigenvalue weighted by Gasteiger charge is 2.16. The van der Waals surface area contributed by atoms with Gasteiger partial charge in [0.15, 0.2) is 5.16 Å². The number of hydrazone groups is 1. The van der Waals surface area contributed by atoms with Gasteiger partial charge in [-0.15, -0.1) is 0 Å². The summed E-state index contributed by atoms with van der Waals surface area (Å²) in [6.07, 6.45) is 1.31. The molecule has 4 N–H and O–H groups in total. The molecule has 0 aliphatic carbocycles. The van der Waals surface area contributed by atoms with Crippen molar-refractivity contribution in [2.75, 3.05) is 0 Å². The predicted molar refractivity (Wildman–Crippen MR) is 96.9 cm³/mol. The number of carbonyl (C=O) groups is 1. The van der Waals surface area contributed by atoms with E-state index in [9.17, 15) is 15.0 Å². The van der Waals surface area contributed by atoms with Crippen LogP contribution in [-0.4, -0.2) is 37.6 Å². The molecule has 1 amide bonds. The average Bonchev–Trinajstić information content (AvgIpc) is 2.98. The van der Waals surface area contributed by atoms with E-state index in [0.717, 1.165) is 11.0 Å². The minimum absolute atomic E-state index is 0.0467. The molecule has 0 bridgehead atoms. The number of nitrogens with zero attached hydrogens (tertiary/aromatic N) is 2. The topological polar surface area (TPSA) is 111 Å². The molecular weight excluding hydrogens is 340 g/mol. The van der Waals surface area contributed by atoms with E-state index in [1.165, 1.54) is 36.2 Å². The van der Waals surface area contributed by atoms with Crippen molar-refractivity contribution in [3.63, 3.8) is 0 Å². The Labute approximate surface area is 147 Å². The number of fused-ring (bicyclic) bond motifs is 1. The van der Waals surface area contributed by atoms with Gasteiger partial charge in [0, 0.05) is 11.6 Å². The third-order valence-electron chi connectivity index (χ3n) is 3.42. The Kier molecular flexibility index (Phi) is 4.90. The number of hydrogen-bond donors (Lipinski definition) is 4. The third kappa shape index (κ3) is 4.10. The van der Waals surface area contributed by atoms with Crippen LogP contribution in [0.2, 0.25) is 0 Å². The molecule has 7 nitrogen and oxygen atoms in total. The molecular formula is C17H16N4O3S. The molecule has 0 saturated heterocycles. The summed E-state index contributed by atoms with van der Waals surface area (Å²) in [6.45, 7) is 1.75. The highest BCUT2D eigenvalue weighted by atomic mass is 32.2. The number of hydrogen-bond acceptors (Lipinski definition) is 6. The van der Waals surface area contributed by atoms with Gasteiger partial charge in [-0.25, -0.2) is 10.4 Å². The summed E-state index contributed by atoms with van der Waals surface area (Å²) >= 11 is 1.29. The van der Waals surface area contributed by atoms with Crippen molar-refractivity contribution in [1.29, 1.82) is 0 Å². The molecule has 0 fully saturated rings. The van der Waals surface area contributed by atoms with Gasteiger partial charge in [-0.3, -0.25) is 4.79 Å². The second kappa shape index (κ2) is 7.27. The summed E-state index contributed by atoms with van der Waals surface area (Å²) in [4.78, 5) is 19.7. The summed E-state index contributed by atoms with van der Waals surface area (Å²) in [7, 11) is 0. The van der Waals surface area contributed by atoms with Crippen LogP contribution in [0.15, 0.2) is 52.7 Å². The SMILES string of the molecule is CC(Sc1nc2ccccc2[nH]1)C(=O)N/N=C/c1ccc(O)cc1O. The number of H-pyrrole nitrogens is 1. The molecule has 0 saturated carbocycles. The van der Waals surface area contributed by atoms with Crippen molar-refractivity contribution in [1.82, 2.24) is 15.4 Å². The number of rotatable bonds is 5. The quantitative estimate of drug-likeness (QED) is 0.319. The van der Waals surface area contributed by atoms with Crippen molar-refractivity contribution in [3.8, 4) is 11.5 Å². The van der Waals surface area contributed by atoms with E-state index in [1.807, 2.05) is 24.3 Å². The van der Waals surface area contributed by atoms with Crippen LogP contribution in [0.5, 0.6) is 11.5 Å². The van der Waals surface area contributed by atoms with Crippen LogP contribution in [0.1, 0.15) is 12.5 Å². The highest BCUT2D eigenvalue weighted by molar-refractivity contribution is 8.00. The van der Waals surface area contributed by atoms with Gasteiger partial charge >= 0.3 is 0 Å². The van der Waals surface area contributed by atoms with Gasteiger partial charge in [-0.05, 0) is 31.2 Å². The van der Waals surface area contributed by atoms with E-state index in [2.05, 4.69) is 20.5 Å². The van der Waals surface area contributed by atoms with Gasteiger partial charge in [0.2, 0.25) is 0 Å². The number of aromatic nitrogens is 2. The maximum Gasteiger partial charge on any atom is 0.253 e. The molecule has 3 rings (SSSR count). The first kappa shape index (κ1) is 16.8. The van der Waals surface area contributed by atoms with Crippen LogP contribution in [0.3, 0.4) is 0 Å². The number of phenolic OH excluding ortho intramolecular Hbond substituents is 2. The van der Waals surface area contributed by atoms with Crippen LogP contribution in [0.4, 0.5) is 0 Å². The first-order chi connectivity index (χ1) is 12.0. The summed E-state index contributed by atoms with van der Waals surface area (Å²) in [5.74, 6) is -0.461. The van der Waals surface area contributed by atoms with E-state index in [0.29, 0.717) is 10.7 Å². The Hall–Kier alpha value is -3.00. The van der Waals surface area contributed by atoms with Crippen molar-refractivity contribution in [3.05, 3.63) is 48.0 Å². The van der Waals surface area contributed by atoms with Crippen molar-refractivity contribution in [2.45, 2.75) is 17.3 Å². The molecule has 3 aromatic rings. The number of carbonyl (C=O) groups excluding carboxylic acids is 1. The monoisotopic (exact) mass is 356 g/mol. The molecule has 0 aliphatic heterocycles. The third-order valence-corrected chi connectivity index (χ3v) is 4.40. The number of aromatic amines is 1. The average molecular weight is 356 g/mol. The molecule has 1 unspecified atom stereocenters. The molecule has 0 aliphatic rings. The van der Waals surface area contributed by atoms with E-state index < -0.39 is 5.25 Å². The lowest BCUT2D eigenvalue weighted by atomic mass is 10.2. The fourth-order valence-electron chi connectivity index (χ4n) is 2.10. The Morgan fingerprint density at radius 1 is 1.32 bits per heavy atom.